The second-order valence-electron chi connectivity index (χ2n) is 7.58. The maximum atomic E-state index is 12.8. The Morgan fingerprint density at radius 2 is 1.67 bits per heavy atom. The number of fused-ring (bicyclic) bond motifs is 1. The predicted molar refractivity (Wildman–Crippen MR) is 117 cm³/mol. The molecular weight excluding hydrogens is 457 g/mol. The van der Waals surface area contributed by atoms with Gasteiger partial charge in [0.15, 0.2) is 17.0 Å². The van der Waals surface area contributed by atoms with E-state index in [1.165, 1.54) is 12.4 Å². The third kappa shape index (κ3) is 4.28. The SMILES string of the molecule is FC(F)(F)c1ccc(N2CCN(c3ncnc4c3nnn4Cc3ccccc3Cl)CC2)nc1. The molecule has 1 aliphatic rings. The minimum absolute atomic E-state index is 0.431. The molecule has 0 bridgehead atoms. The monoisotopic (exact) mass is 474 g/mol. The molecule has 0 N–H and O–H groups in total. The number of nitrogens with zero attached hydrogens (tertiary/aromatic N) is 8. The first-order valence-corrected chi connectivity index (χ1v) is 10.6. The second-order valence-corrected chi connectivity index (χ2v) is 7.99. The molecule has 0 unspecified atom stereocenters. The second kappa shape index (κ2) is 8.47. The first-order chi connectivity index (χ1) is 15.9. The highest BCUT2D eigenvalue weighted by Crippen LogP contribution is 2.30. The summed E-state index contributed by atoms with van der Waals surface area (Å²) in [4.78, 5) is 16.8. The smallest absolute Gasteiger partial charge is 0.353 e. The quantitative estimate of drug-likeness (QED) is 0.446. The van der Waals surface area contributed by atoms with Gasteiger partial charge in [0.25, 0.3) is 0 Å². The van der Waals surface area contributed by atoms with E-state index in [9.17, 15) is 13.2 Å². The predicted octanol–water partition coefficient (Wildman–Crippen LogP) is 3.66. The number of halogens is 4. The van der Waals surface area contributed by atoms with E-state index in [0.717, 1.165) is 17.8 Å². The van der Waals surface area contributed by atoms with E-state index in [1.807, 2.05) is 29.2 Å². The van der Waals surface area contributed by atoms with Crippen LogP contribution in [0.25, 0.3) is 11.2 Å². The molecule has 1 aliphatic heterocycles. The van der Waals surface area contributed by atoms with E-state index < -0.39 is 11.7 Å². The molecule has 4 heterocycles. The van der Waals surface area contributed by atoms with Gasteiger partial charge in [-0.25, -0.2) is 19.6 Å². The molecule has 8 nitrogen and oxygen atoms in total. The number of rotatable bonds is 4. The molecule has 12 heteroatoms. The molecule has 0 radical (unpaired) electrons. The van der Waals surface area contributed by atoms with Crippen LogP contribution in [0.3, 0.4) is 0 Å². The van der Waals surface area contributed by atoms with Crippen LogP contribution in [0, 0.1) is 0 Å². The molecule has 1 aromatic carbocycles. The highest BCUT2D eigenvalue weighted by molar-refractivity contribution is 6.31. The summed E-state index contributed by atoms with van der Waals surface area (Å²) in [7, 11) is 0. The maximum Gasteiger partial charge on any atom is 0.417 e. The summed E-state index contributed by atoms with van der Waals surface area (Å²) < 4.78 is 40.0. The minimum atomic E-state index is -4.40. The average molecular weight is 475 g/mol. The van der Waals surface area contributed by atoms with Gasteiger partial charge in [-0.2, -0.15) is 13.2 Å². The van der Waals surface area contributed by atoms with Crippen molar-refractivity contribution in [3.63, 3.8) is 0 Å². The Bertz CT molecular complexity index is 1270. The molecule has 0 atom stereocenters. The van der Waals surface area contributed by atoms with Crippen LogP contribution >= 0.6 is 11.6 Å². The number of aromatic nitrogens is 6. The molecule has 33 heavy (non-hydrogen) atoms. The van der Waals surface area contributed by atoms with E-state index in [2.05, 4.69) is 30.2 Å². The standard InChI is InChI=1S/C21H18ClF3N8/c22-16-4-2-1-3-14(16)12-33-20-18(29-30-33)19(27-13-28-20)32-9-7-31(8-10-32)17-6-5-15(11-26-17)21(23,24)25/h1-6,11,13H,7-10,12H2. The molecule has 1 fully saturated rings. The lowest BCUT2D eigenvalue weighted by atomic mass is 10.2. The van der Waals surface area contributed by atoms with Gasteiger partial charge in [0.2, 0.25) is 0 Å². The van der Waals surface area contributed by atoms with Crippen molar-refractivity contribution in [3.8, 4) is 0 Å². The van der Waals surface area contributed by atoms with Crippen LogP contribution in [0.4, 0.5) is 24.8 Å². The Balaban J connectivity index is 1.32. The summed E-state index contributed by atoms with van der Waals surface area (Å²) in [6, 6.07) is 9.98. The zero-order valence-corrected chi connectivity index (χ0v) is 18.0. The molecule has 3 aromatic heterocycles. The zero-order chi connectivity index (χ0) is 23.0. The van der Waals surface area contributed by atoms with Crippen molar-refractivity contribution in [2.45, 2.75) is 12.7 Å². The van der Waals surface area contributed by atoms with Crippen molar-refractivity contribution in [1.82, 2.24) is 29.9 Å². The normalized spacial score (nSPS) is 14.8. The first kappa shape index (κ1) is 21.4. The number of hydrogen-bond acceptors (Lipinski definition) is 7. The van der Waals surface area contributed by atoms with Crippen molar-refractivity contribution >= 4 is 34.4 Å². The van der Waals surface area contributed by atoms with E-state index in [0.29, 0.717) is 60.5 Å². The van der Waals surface area contributed by atoms with Crippen molar-refractivity contribution in [1.29, 1.82) is 0 Å². The van der Waals surface area contributed by atoms with Crippen LogP contribution in [-0.2, 0) is 12.7 Å². The number of benzene rings is 1. The van der Waals surface area contributed by atoms with Gasteiger partial charge >= 0.3 is 6.18 Å². The highest BCUT2D eigenvalue weighted by Gasteiger charge is 2.31. The molecule has 4 aromatic rings. The van der Waals surface area contributed by atoms with E-state index in [-0.39, 0.29) is 0 Å². The lowest BCUT2D eigenvalue weighted by Gasteiger charge is -2.36. The van der Waals surface area contributed by atoms with Crippen molar-refractivity contribution in [3.05, 3.63) is 65.1 Å². The molecular formula is C21H18ClF3N8. The molecule has 0 amide bonds. The van der Waals surface area contributed by atoms with Gasteiger partial charge in [0.1, 0.15) is 12.1 Å². The number of hydrogen-bond donors (Lipinski definition) is 0. The Morgan fingerprint density at radius 3 is 2.36 bits per heavy atom. The largest absolute Gasteiger partial charge is 0.417 e. The third-order valence-corrected chi connectivity index (χ3v) is 5.91. The number of pyridine rings is 1. The van der Waals surface area contributed by atoms with Gasteiger partial charge in [0.05, 0.1) is 12.1 Å². The number of piperazine rings is 1. The van der Waals surface area contributed by atoms with Crippen LogP contribution in [0.15, 0.2) is 48.9 Å². The van der Waals surface area contributed by atoms with Gasteiger partial charge in [-0.1, -0.05) is 35.0 Å². The molecule has 0 aliphatic carbocycles. The van der Waals surface area contributed by atoms with Crippen molar-refractivity contribution in [2.75, 3.05) is 36.0 Å². The summed E-state index contributed by atoms with van der Waals surface area (Å²) in [5, 5.41) is 9.19. The Labute approximate surface area is 191 Å². The Kier molecular flexibility index (Phi) is 5.49. The van der Waals surface area contributed by atoms with Gasteiger partial charge < -0.3 is 9.80 Å². The lowest BCUT2D eigenvalue weighted by molar-refractivity contribution is -0.137. The maximum absolute atomic E-state index is 12.8. The molecule has 1 saturated heterocycles. The van der Waals surface area contributed by atoms with Crippen LogP contribution in [0.5, 0.6) is 0 Å². The van der Waals surface area contributed by atoms with Gasteiger partial charge in [-0.15, -0.1) is 5.10 Å². The zero-order valence-electron chi connectivity index (χ0n) is 17.2. The topological polar surface area (TPSA) is 75.9 Å². The van der Waals surface area contributed by atoms with Gasteiger partial charge in [0, 0.05) is 37.4 Å². The van der Waals surface area contributed by atoms with Crippen LogP contribution < -0.4 is 9.80 Å². The van der Waals surface area contributed by atoms with Crippen LogP contribution in [0.1, 0.15) is 11.1 Å². The highest BCUT2D eigenvalue weighted by atomic mass is 35.5. The molecule has 0 saturated carbocycles. The third-order valence-electron chi connectivity index (χ3n) is 5.54. The average Bonchev–Trinajstić information content (AvgIpc) is 3.23. The Hall–Kier alpha value is -3.47. The summed E-state index contributed by atoms with van der Waals surface area (Å²) in [5.74, 6) is 1.19. The van der Waals surface area contributed by atoms with Gasteiger partial charge in [-0.3, -0.25) is 0 Å². The number of anilines is 2. The fourth-order valence-corrected chi connectivity index (χ4v) is 3.99. The number of alkyl halides is 3. The fraction of sp³-hybridized carbons (Fsp3) is 0.286. The van der Waals surface area contributed by atoms with E-state index >= 15 is 0 Å². The molecule has 170 valence electrons. The van der Waals surface area contributed by atoms with Crippen LogP contribution in [0.2, 0.25) is 5.02 Å². The molecule has 0 spiro atoms. The fourth-order valence-electron chi connectivity index (χ4n) is 3.79. The van der Waals surface area contributed by atoms with Crippen LogP contribution in [-0.4, -0.2) is 56.1 Å². The van der Waals surface area contributed by atoms with E-state index in [4.69, 9.17) is 11.6 Å². The first-order valence-electron chi connectivity index (χ1n) is 10.2. The summed E-state index contributed by atoms with van der Waals surface area (Å²) in [6.45, 7) is 2.80. The minimum Gasteiger partial charge on any atom is -0.353 e. The lowest BCUT2D eigenvalue weighted by Crippen LogP contribution is -2.47. The summed E-state index contributed by atoms with van der Waals surface area (Å²) >= 11 is 6.27. The summed E-state index contributed by atoms with van der Waals surface area (Å²) in [5.41, 5.74) is 1.34. The van der Waals surface area contributed by atoms with E-state index in [1.54, 1.807) is 4.68 Å². The van der Waals surface area contributed by atoms with Crippen molar-refractivity contribution in [2.24, 2.45) is 0 Å². The Morgan fingerprint density at radius 1 is 0.909 bits per heavy atom. The van der Waals surface area contributed by atoms with Gasteiger partial charge in [-0.05, 0) is 23.8 Å². The van der Waals surface area contributed by atoms with Crippen molar-refractivity contribution < 1.29 is 13.2 Å². The summed E-state index contributed by atoms with van der Waals surface area (Å²) in [6.07, 6.45) is -2.05. The molecule has 5 rings (SSSR count).